The zero-order valence-electron chi connectivity index (χ0n) is 52.0. The number of rotatable bonds is 18. The predicted molar refractivity (Wildman–Crippen MR) is 354 cm³/mol. The number of aromatic nitrogens is 12. The summed E-state index contributed by atoms with van der Waals surface area (Å²) in [6, 6.07) is -1.35. The van der Waals surface area contributed by atoms with Crippen molar-refractivity contribution < 1.29 is 58.9 Å². The van der Waals surface area contributed by atoms with Crippen molar-refractivity contribution >= 4 is 128 Å². The Labute approximate surface area is 554 Å². The summed E-state index contributed by atoms with van der Waals surface area (Å²) in [5.74, 6) is -1.04. The van der Waals surface area contributed by atoms with E-state index in [1.807, 2.05) is 4.90 Å². The molecule has 0 bridgehead atoms. The summed E-state index contributed by atoms with van der Waals surface area (Å²) in [6.45, 7) is 8.95. The van der Waals surface area contributed by atoms with Crippen LogP contribution in [0.2, 0.25) is 0 Å². The lowest BCUT2D eigenvalue weighted by Crippen LogP contribution is -2.53. The average Bonchev–Trinajstić information content (AvgIpc) is 1.64. The van der Waals surface area contributed by atoms with Gasteiger partial charge in [-0.15, -0.1) is 0 Å². The number of hydrogen-bond donors (Lipinski definition) is 15. The molecule has 6 unspecified atom stereocenters. The number of nitrogens with two attached hydrogens (primary N) is 4. The van der Waals surface area contributed by atoms with Crippen LogP contribution in [0.5, 0.6) is 0 Å². The number of carbonyl (C=O) groups is 4. The van der Waals surface area contributed by atoms with E-state index in [4.69, 9.17) is 37.1 Å². The summed E-state index contributed by atoms with van der Waals surface area (Å²) in [4.78, 5) is 126. The molecule has 0 spiro atoms. The summed E-state index contributed by atoms with van der Waals surface area (Å²) in [5.41, 5.74) is 21.6. The fraction of sp³-hybridized carbons (Fsp3) is 0.571. The van der Waals surface area contributed by atoms with Crippen LogP contribution in [0.25, 0.3) is 22.3 Å². The number of thioether (sulfide) groups is 2. The third kappa shape index (κ3) is 14.4. The van der Waals surface area contributed by atoms with Crippen molar-refractivity contribution in [3.05, 3.63) is 46.0 Å². The molecule has 6 aromatic rings. The highest BCUT2D eigenvalue weighted by Crippen LogP contribution is 2.39. The second kappa shape index (κ2) is 28.5. The number of carbonyl (C=O) groups excluding carboxylic acids is 3. The Balaban J connectivity index is 0.000000207. The standard InChI is InChI=1S/C28H38N12O7S.C27H36N12O7S.CH4/c1-28(2)19(35-16-21(38-28)36-27(30)37-23(16)43)24(44)31-5-7-39-6-4-12(8-13(39)26(45)46-3)48-9-14-17(41)18(42)25(47-14)40-11-34-15-20(29)32-10-33-22(15)40;1-27(2)18(34-15-20(37-27)35-26(29)36-22(15)42)23(43)30-4-6-38-5-3-11(7-12(38)25(44)45)47-8-13-16(40)17(41)24(46-13)39-10-33-14-19(28)31-9-32-21(14)39;/h10-14,17-18,25,41-42H,4-9H2,1-3H3,(H,31,44)(H2,29,32,33)(H4,30,36,37,38,43);9-13,16-17,24,40-41H,3-8H2,1-2H3,(H,30,43)(H,44,45)(H2,28,31,32)(H4,29,35,36,37,42);1H4/t12?,13?,14-,17?,18+,25-;11?,12?,13-,16?,17+,24-;/m11./s1. The number of nitrogen functional groups attached to an aromatic ring is 4. The minimum atomic E-state index is -1.25. The molecule has 518 valence electrons. The van der Waals surface area contributed by atoms with Gasteiger partial charge in [0, 0.05) is 61.3 Å². The van der Waals surface area contributed by atoms with Crippen molar-refractivity contribution in [2.75, 3.05) is 91.5 Å². The summed E-state index contributed by atoms with van der Waals surface area (Å²) in [5, 5.41) is 64.9. The lowest BCUT2D eigenvalue weighted by atomic mass is 9.95. The van der Waals surface area contributed by atoms with E-state index in [2.05, 4.69) is 81.1 Å². The van der Waals surface area contributed by atoms with Crippen LogP contribution in [0.4, 0.5) is 46.5 Å². The Bertz CT molecular complexity index is 4090. The Morgan fingerprint density at radius 1 is 0.646 bits per heavy atom. The number of anilines is 6. The van der Waals surface area contributed by atoms with Crippen LogP contribution in [0.15, 0.2) is 44.9 Å². The van der Waals surface area contributed by atoms with E-state index >= 15 is 0 Å². The topological polar surface area (TPSA) is 559 Å². The van der Waals surface area contributed by atoms with Crippen molar-refractivity contribution in [3.63, 3.8) is 0 Å². The van der Waals surface area contributed by atoms with E-state index in [-0.39, 0.29) is 95.5 Å². The molecular formula is C56H78N24O14S2. The number of nitrogens with zero attached hydrogens (tertiary/aromatic N) is 14. The number of amides is 2. The number of hydrogen-bond acceptors (Lipinski definition) is 33. The number of H-pyrrole nitrogens is 2. The van der Waals surface area contributed by atoms with Gasteiger partial charge >= 0.3 is 11.9 Å². The SMILES string of the molecule is C.CC1(C)Nc2nc(N)[nH]c(=O)c2N=C1C(=O)NCCN1CCC(SC[C@H]2O[C@@H](n3cnc4c(N)ncnc43)[C@@H](O)C2O)CC1C(=O)O.COC(=O)C1CC(SC[C@H]2O[C@@H](n3cnc4c(N)ncnc43)[C@@H](O)C2O)CCN1CCNC(=O)C1=Nc2c(nc(N)[nH]c2=O)NC1(C)C. The summed E-state index contributed by atoms with van der Waals surface area (Å²) in [7, 11) is 1.33. The van der Waals surface area contributed by atoms with Gasteiger partial charge in [-0.1, -0.05) is 7.43 Å². The fourth-order valence-electron chi connectivity index (χ4n) is 12.2. The first-order valence-electron chi connectivity index (χ1n) is 30.2. The van der Waals surface area contributed by atoms with E-state index in [1.54, 1.807) is 44.4 Å². The smallest absolute Gasteiger partial charge is 0.323 e. The molecule has 38 nitrogen and oxygen atoms in total. The number of likely N-dealkylation sites (tertiary alicyclic amines) is 2. The predicted octanol–water partition coefficient (Wildman–Crippen LogP) is -2.40. The first-order valence-corrected chi connectivity index (χ1v) is 32.3. The van der Waals surface area contributed by atoms with Gasteiger partial charge in [-0.3, -0.25) is 57.7 Å². The number of aliphatic hydroxyl groups excluding tert-OH is 4. The lowest BCUT2D eigenvalue weighted by molar-refractivity contribution is -0.148. The second-order valence-electron chi connectivity index (χ2n) is 24.4. The Morgan fingerprint density at radius 3 is 1.48 bits per heavy atom. The average molecular weight is 1380 g/mol. The van der Waals surface area contributed by atoms with Gasteiger partial charge in [-0.2, -0.15) is 33.5 Å². The molecular weight excluding hydrogens is 1300 g/mol. The molecule has 0 aliphatic carbocycles. The Hall–Kier alpha value is -8.74. The third-order valence-electron chi connectivity index (χ3n) is 17.2. The number of imidazole rings is 2. The van der Waals surface area contributed by atoms with Crippen molar-refractivity contribution in [3.8, 4) is 0 Å². The normalized spacial score (nSPS) is 26.7. The molecule has 0 radical (unpaired) electrons. The monoisotopic (exact) mass is 1370 g/mol. The van der Waals surface area contributed by atoms with Crippen molar-refractivity contribution in [2.24, 2.45) is 9.98 Å². The van der Waals surface area contributed by atoms with Crippen molar-refractivity contribution in [1.29, 1.82) is 0 Å². The molecule has 4 fully saturated rings. The molecule has 6 aliphatic heterocycles. The van der Waals surface area contributed by atoms with Crippen LogP contribution < -0.4 is 55.3 Å². The highest BCUT2D eigenvalue weighted by molar-refractivity contribution is 8.00. The highest BCUT2D eigenvalue weighted by Gasteiger charge is 2.48. The third-order valence-corrected chi connectivity index (χ3v) is 20.0. The number of aromatic amines is 2. The second-order valence-corrected chi connectivity index (χ2v) is 27.1. The first-order chi connectivity index (χ1) is 45.2. The number of aliphatic carboxylic acids is 1. The first kappa shape index (κ1) is 70.1. The van der Waals surface area contributed by atoms with Crippen molar-refractivity contribution in [1.82, 2.24) is 79.4 Å². The summed E-state index contributed by atoms with van der Waals surface area (Å²) >= 11 is 3.03. The Kier molecular flexibility index (Phi) is 20.8. The summed E-state index contributed by atoms with van der Waals surface area (Å²) < 4.78 is 20.2. The Morgan fingerprint density at radius 2 is 1.06 bits per heavy atom. The van der Waals surface area contributed by atoms with Gasteiger partial charge in [0.05, 0.1) is 43.1 Å². The van der Waals surface area contributed by atoms with Gasteiger partial charge in [0.25, 0.3) is 22.9 Å². The maximum Gasteiger partial charge on any atom is 0.323 e. The maximum absolute atomic E-state index is 13.2. The molecule has 0 saturated carbocycles. The van der Waals surface area contributed by atoms with Crippen LogP contribution in [-0.4, -0.2) is 258 Å². The van der Waals surface area contributed by atoms with Crippen LogP contribution >= 0.6 is 23.5 Å². The molecule has 6 aromatic heterocycles. The minimum absolute atomic E-state index is 0. The number of methoxy groups -OCH3 is 1. The van der Waals surface area contributed by atoms with Gasteiger partial charge < -0.3 is 83.9 Å². The quantitative estimate of drug-likeness (QED) is 0.0399. The molecule has 19 N–H and O–H groups in total. The van der Waals surface area contributed by atoms with Crippen LogP contribution in [0, 0.1) is 0 Å². The number of carboxylic acids is 1. The number of fused-ring (bicyclic) bond motifs is 4. The molecule has 40 heteroatoms. The molecule has 12 atom stereocenters. The van der Waals surface area contributed by atoms with Gasteiger partial charge in [0.1, 0.15) is 71.6 Å². The van der Waals surface area contributed by atoms with Gasteiger partial charge in [-0.05, 0) is 53.4 Å². The largest absolute Gasteiger partial charge is 0.480 e. The van der Waals surface area contributed by atoms with Gasteiger partial charge in [0.2, 0.25) is 11.9 Å². The zero-order valence-corrected chi connectivity index (χ0v) is 53.7. The fourth-order valence-corrected chi connectivity index (χ4v) is 14.9. The molecule has 2 amide bonds. The number of carboxylic acid groups (broad SMARTS) is 1. The molecule has 12 heterocycles. The highest BCUT2D eigenvalue weighted by atomic mass is 32.2. The van der Waals surface area contributed by atoms with Crippen LogP contribution in [-0.2, 0) is 33.4 Å². The molecule has 6 aliphatic rings. The van der Waals surface area contributed by atoms with E-state index in [1.165, 1.54) is 53.3 Å². The van der Waals surface area contributed by atoms with Gasteiger partial charge in [0.15, 0.2) is 58.4 Å². The van der Waals surface area contributed by atoms with Crippen LogP contribution in [0.3, 0.4) is 0 Å². The van der Waals surface area contributed by atoms with E-state index in [0.29, 0.717) is 72.7 Å². The minimum Gasteiger partial charge on any atom is -0.480 e. The van der Waals surface area contributed by atoms with Gasteiger partial charge in [-0.25, -0.2) is 39.9 Å². The van der Waals surface area contributed by atoms with E-state index < -0.39 is 107 Å². The number of aliphatic imine (C=N–C) groups is 2. The maximum atomic E-state index is 13.2. The van der Waals surface area contributed by atoms with E-state index in [0.717, 1.165) is 6.42 Å². The number of esters is 1. The number of nitrogens with one attached hydrogen (secondary N) is 6. The molecule has 0 aromatic carbocycles. The van der Waals surface area contributed by atoms with E-state index in [9.17, 15) is 54.3 Å². The zero-order chi connectivity index (χ0) is 67.9. The van der Waals surface area contributed by atoms with Crippen LogP contribution in [0.1, 0.15) is 73.3 Å². The number of piperidine rings is 2. The molecule has 4 saturated heterocycles. The molecule has 12 rings (SSSR count). The lowest BCUT2D eigenvalue weighted by Gasteiger charge is -2.38. The number of aliphatic hydroxyl groups is 4. The molecule has 96 heavy (non-hydrogen) atoms. The summed E-state index contributed by atoms with van der Waals surface area (Å²) in [6.07, 6.45) is -0.431. The van der Waals surface area contributed by atoms with Crippen molar-refractivity contribution in [2.45, 2.75) is 144 Å². The number of ether oxygens (including phenoxy) is 3.